The molecular weight excluding hydrogens is 475 g/mol. The molecule has 3 fully saturated rings. The predicted molar refractivity (Wildman–Crippen MR) is 118 cm³/mol. The number of sulfone groups is 1. The third kappa shape index (κ3) is 5.22. The lowest BCUT2D eigenvalue weighted by molar-refractivity contribution is -0.151. The summed E-state index contributed by atoms with van der Waals surface area (Å²) in [5.74, 6) is -0.652. The van der Waals surface area contributed by atoms with E-state index in [0.29, 0.717) is 25.0 Å². The number of carbonyl (C=O) groups is 2. The number of hydrogen-bond acceptors (Lipinski definition) is 6. The summed E-state index contributed by atoms with van der Waals surface area (Å²) in [6.07, 6.45) is 2.94. The first-order valence-electron chi connectivity index (χ1n) is 10.1. The van der Waals surface area contributed by atoms with Crippen molar-refractivity contribution in [3.8, 4) is 11.5 Å². The molecule has 8 nitrogen and oxygen atoms in total. The van der Waals surface area contributed by atoms with E-state index in [1.54, 1.807) is 0 Å². The van der Waals surface area contributed by atoms with Crippen LogP contribution >= 0.6 is 11.6 Å². The second kappa shape index (κ2) is 8.49. The highest BCUT2D eigenvalue weighted by molar-refractivity contribution is 7.90. The van der Waals surface area contributed by atoms with Crippen LogP contribution in [0.3, 0.4) is 0 Å². The van der Waals surface area contributed by atoms with E-state index in [4.69, 9.17) is 21.1 Å². The lowest BCUT2D eigenvalue weighted by Crippen LogP contribution is -2.84. The molecule has 0 spiro atoms. The second-order valence-electron chi connectivity index (χ2n) is 8.58. The van der Waals surface area contributed by atoms with Crippen molar-refractivity contribution in [3.63, 3.8) is 0 Å². The molecular formula is C22H22ClFN2O6S. The highest BCUT2D eigenvalue weighted by Crippen LogP contribution is 2.60. The van der Waals surface area contributed by atoms with Gasteiger partial charge < -0.3 is 20.1 Å². The Morgan fingerprint density at radius 2 is 1.42 bits per heavy atom. The predicted octanol–water partition coefficient (Wildman–Crippen LogP) is 2.25. The molecule has 176 valence electrons. The van der Waals surface area contributed by atoms with Crippen LogP contribution in [0.25, 0.3) is 0 Å². The average molecular weight is 497 g/mol. The fraction of sp³-hybridized carbons (Fsp3) is 0.364. The number of rotatable bonds is 9. The third-order valence-electron chi connectivity index (χ3n) is 5.72. The van der Waals surface area contributed by atoms with Gasteiger partial charge in [-0.2, -0.15) is 0 Å². The molecule has 2 bridgehead atoms. The van der Waals surface area contributed by atoms with Crippen molar-refractivity contribution in [2.24, 2.45) is 0 Å². The van der Waals surface area contributed by atoms with Gasteiger partial charge in [0.05, 0.1) is 9.92 Å². The molecule has 2 aromatic carbocycles. The summed E-state index contributed by atoms with van der Waals surface area (Å²) in [5.41, 5.74) is -0.713. The topological polar surface area (TPSA) is 111 Å². The zero-order chi connectivity index (χ0) is 23.9. The van der Waals surface area contributed by atoms with Gasteiger partial charge in [-0.25, -0.2) is 12.8 Å². The summed E-state index contributed by atoms with van der Waals surface area (Å²) in [5, 5.41) is 5.82. The minimum absolute atomic E-state index is 0.0248. The average Bonchev–Trinajstić information content (AvgIpc) is 2.70. The van der Waals surface area contributed by atoms with E-state index in [0.717, 1.165) is 12.3 Å². The van der Waals surface area contributed by atoms with Gasteiger partial charge in [-0.3, -0.25) is 9.59 Å². The van der Waals surface area contributed by atoms with E-state index < -0.39 is 15.7 Å². The SMILES string of the molecule is CS(=O)(=O)c1ccc(OCC(=O)NC23CC(NC(=O)COc4ccc(Cl)c(F)c4)(C2)C3)cc1. The molecule has 3 saturated carbocycles. The fourth-order valence-electron chi connectivity index (χ4n) is 4.36. The first kappa shape index (κ1) is 23.3. The summed E-state index contributed by atoms with van der Waals surface area (Å²) >= 11 is 5.62. The van der Waals surface area contributed by atoms with Crippen LogP contribution in [-0.2, 0) is 19.4 Å². The first-order chi connectivity index (χ1) is 15.5. The van der Waals surface area contributed by atoms with Crippen molar-refractivity contribution in [2.45, 2.75) is 35.2 Å². The molecule has 0 radical (unpaired) electrons. The highest BCUT2D eigenvalue weighted by Gasteiger charge is 2.69. The molecule has 3 aliphatic carbocycles. The maximum atomic E-state index is 13.4. The number of carbonyl (C=O) groups excluding carboxylic acids is 2. The molecule has 2 amide bonds. The Bertz CT molecular complexity index is 1180. The van der Waals surface area contributed by atoms with E-state index >= 15 is 0 Å². The third-order valence-corrected chi connectivity index (χ3v) is 7.16. The number of halogens is 2. The maximum Gasteiger partial charge on any atom is 0.258 e. The van der Waals surface area contributed by atoms with Gasteiger partial charge in [-0.15, -0.1) is 0 Å². The molecule has 5 rings (SSSR count). The van der Waals surface area contributed by atoms with Gasteiger partial charge in [0.2, 0.25) is 0 Å². The highest BCUT2D eigenvalue weighted by atomic mass is 35.5. The van der Waals surface area contributed by atoms with Gasteiger partial charge in [0.15, 0.2) is 23.1 Å². The van der Waals surface area contributed by atoms with Crippen molar-refractivity contribution >= 4 is 33.3 Å². The van der Waals surface area contributed by atoms with Gasteiger partial charge in [-0.05, 0) is 55.7 Å². The summed E-state index contributed by atoms with van der Waals surface area (Å²) in [6.45, 7) is -0.459. The molecule has 0 heterocycles. The minimum atomic E-state index is -3.29. The molecule has 3 aliphatic rings. The van der Waals surface area contributed by atoms with Gasteiger partial charge >= 0.3 is 0 Å². The second-order valence-corrected chi connectivity index (χ2v) is 11.0. The van der Waals surface area contributed by atoms with Gasteiger partial charge in [0.1, 0.15) is 17.3 Å². The van der Waals surface area contributed by atoms with E-state index in [9.17, 15) is 22.4 Å². The molecule has 0 aromatic heterocycles. The summed E-state index contributed by atoms with van der Waals surface area (Å²) in [4.78, 5) is 24.6. The van der Waals surface area contributed by atoms with Crippen LogP contribution in [0.1, 0.15) is 19.3 Å². The standard InChI is InChI=1S/C22H22ClFN2O6S/c1-33(29,30)16-5-2-14(3-6-16)31-9-19(27)25-21-11-22(12-21,13-21)26-20(28)10-32-15-4-7-17(23)18(24)8-15/h2-8H,9-13H2,1H3,(H,25,27)(H,26,28). The van der Waals surface area contributed by atoms with Gasteiger partial charge in [0.25, 0.3) is 11.8 Å². The van der Waals surface area contributed by atoms with Crippen LogP contribution in [0.5, 0.6) is 11.5 Å². The van der Waals surface area contributed by atoms with Crippen LogP contribution in [0.2, 0.25) is 5.02 Å². The zero-order valence-corrected chi connectivity index (χ0v) is 19.3. The largest absolute Gasteiger partial charge is 0.484 e. The normalized spacial score (nSPS) is 23.0. The van der Waals surface area contributed by atoms with Crippen molar-refractivity contribution in [1.29, 1.82) is 0 Å². The van der Waals surface area contributed by atoms with Crippen molar-refractivity contribution in [1.82, 2.24) is 10.6 Å². The van der Waals surface area contributed by atoms with Crippen LogP contribution in [0.15, 0.2) is 47.4 Å². The minimum Gasteiger partial charge on any atom is -0.484 e. The molecule has 2 aromatic rings. The molecule has 33 heavy (non-hydrogen) atoms. The zero-order valence-electron chi connectivity index (χ0n) is 17.7. The fourth-order valence-corrected chi connectivity index (χ4v) is 5.11. The van der Waals surface area contributed by atoms with Crippen molar-refractivity contribution in [2.75, 3.05) is 19.5 Å². The van der Waals surface area contributed by atoms with E-state index in [1.807, 2.05) is 0 Å². The Hall–Kier alpha value is -2.85. The Morgan fingerprint density at radius 3 is 1.91 bits per heavy atom. The number of ether oxygens (including phenoxy) is 2. The maximum absolute atomic E-state index is 13.4. The molecule has 0 aliphatic heterocycles. The molecule has 2 N–H and O–H groups in total. The summed E-state index contributed by atoms with van der Waals surface area (Å²) in [7, 11) is -3.29. The molecule has 0 atom stereocenters. The Morgan fingerprint density at radius 1 is 0.939 bits per heavy atom. The van der Waals surface area contributed by atoms with Crippen LogP contribution in [0.4, 0.5) is 4.39 Å². The van der Waals surface area contributed by atoms with Gasteiger partial charge in [0, 0.05) is 23.4 Å². The van der Waals surface area contributed by atoms with E-state index in [2.05, 4.69) is 10.6 Å². The van der Waals surface area contributed by atoms with E-state index in [1.165, 1.54) is 36.4 Å². The number of amides is 2. The van der Waals surface area contributed by atoms with Crippen LogP contribution in [0, 0.1) is 5.82 Å². The van der Waals surface area contributed by atoms with Crippen LogP contribution < -0.4 is 20.1 Å². The van der Waals surface area contributed by atoms with Crippen LogP contribution in [-0.4, -0.2) is 50.8 Å². The van der Waals surface area contributed by atoms with Crippen molar-refractivity contribution < 1.29 is 31.9 Å². The van der Waals surface area contributed by atoms with Crippen molar-refractivity contribution in [3.05, 3.63) is 53.3 Å². The molecule has 0 unspecified atom stereocenters. The lowest BCUT2D eigenvalue weighted by Gasteiger charge is -2.70. The first-order valence-corrected chi connectivity index (χ1v) is 12.4. The monoisotopic (exact) mass is 496 g/mol. The Balaban J connectivity index is 1.17. The van der Waals surface area contributed by atoms with Gasteiger partial charge in [-0.1, -0.05) is 11.6 Å². The lowest BCUT2D eigenvalue weighted by atomic mass is 9.44. The number of benzene rings is 2. The number of nitrogens with one attached hydrogen (secondary N) is 2. The molecule has 11 heteroatoms. The smallest absolute Gasteiger partial charge is 0.258 e. The molecule has 0 saturated heterocycles. The Labute approximate surface area is 195 Å². The Kier molecular flexibility index (Phi) is 6.00. The quantitative estimate of drug-likeness (QED) is 0.551. The summed E-state index contributed by atoms with van der Waals surface area (Å²) in [6, 6.07) is 9.78. The summed E-state index contributed by atoms with van der Waals surface area (Å²) < 4.78 is 47.1. The van der Waals surface area contributed by atoms with E-state index in [-0.39, 0.29) is 51.8 Å². The number of hydrogen-bond donors (Lipinski definition) is 2.